The van der Waals surface area contributed by atoms with E-state index in [1.165, 1.54) is 12.5 Å². The van der Waals surface area contributed by atoms with Gasteiger partial charge in [-0.1, -0.05) is 0 Å². The van der Waals surface area contributed by atoms with Crippen molar-refractivity contribution in [3.05, 3.63) is 53.0 Å². The molecule has 27 heavy (non-hydrogen) atoms. The van der Waals surface area contributed by atoms with Crippen LogP contribution in [0.3, 0.4) is 0 Å². The molecule has 9 heteroatoms. The van der Waals surface area contributed by atoms with Gasteiger partial charge in [-0.3, -0.25) is 4.79 Å². The Hall–Kier alpha value is -3.77. The van der Waals surface area contributed by atoms with E-state index in [0.29, 0.717) is 27.3 Å². The lowest BCUT2D eigenvalue weighted by Crippen LogP contribution is -2.22. The van der Waals surface area contributed by atoms with Crippen LogP contribution in [0.1, 0.15) is 21.0 Å². The number of hydrogen-bond donors (Lipinski definition) is 3. The molecule has 0 fully saturated rings. The molecule has 0 bridgehead atoms. The fourth-order valence-electron chi connectivity index (χ4n) is 2.78. The SMILES string of the molecule is N#Cc1c(N)nc2sc(C(=O)NCc3ccco3)c(N)c2c1-c1ccco1. The molecule has 0 atom stereocenters. The van der Waals surface area contributed by atoms with E-state index < -0.39 is 0 Å². The van der Waals surface area contributed by atoms with Crippen LogP contribution in [0.25, 0.3) is 21.5 Å². The van der Waals surface area contributed by atoms with Crippen molar-refractivity contribution in [3.63, 3.8) is 0 Å². The Kier molecular flexibility index (Phi) is 4.02. The molecule has 0 aromatic carbocycles. The highest BCUT2D eigenvalue weighted by molar-refractivity contribution is 7.21. The van der Waals surface area contributed by atoms with Gasteiger partial charge in [0.05, 0.1) is 30.3 Å². The summed E-state index contributed by atoms with van der Waals surface area (Å²) in [4.78, 5) is 17.6. The number of nitrogen functional groups attached to an aromatic ring is 2. The van der Waals surface area contributed by atoms with Crippen molar-refractivity contribution < 1.29 is 13.6 Å². The maximum atomic E-state index is 12.6. The molecule has 8 nitrogen and oxygen atoms in total. The van der Waals surface area contributed by atoms with Gasteiger partial charge >= 0.3 is 0 Å². The van der Waals surface area contributed by atoms with Crippen LogP contribution < -0.4 is 16.8 Å². The Morgan fingerprint density at radius 1 is 1.26 bits per heavy atom. The second-order valence-corrected chi connectivity index (χ2v) is 6.62. The molecule has 0 saturated carbocycles. The summed E-state index contributed by atoms with van der Waals surface area (Å²) in [5, 5.41) is 12.7. The van der Waals surface area contributed by atoms with Crippen molar-refractivity contribution in [2.24, 2.45) is 0 Å². The number of nitrogens with zero attached hydrogens (tertiary/aromatic N) is 2. The predicted octanol–water partition coefficient (Wildman–Crippen LogP) is 3.12. The van der Waals surface area contributed by atoms with E-state index >= 15 is 0 Å². The zero-order chi connectivity index (χ0) is 19.0. The minimum absolute atomic E-state index is 0.0557. The quantitative estimate of drug-likeness (QED) is 0.494. The first kappa shape index (κ1) is 16.7. The Balaban J connectivity index is 1.83. The van der Waals surface area contributed by atoms with Crippen molar-refractivity contribution in [1.82, 2.24) is 10.3 Å². The normalized spacial score (nSPS) is 10.8. The summed E-state index contributed by atoms with van der Waals surface area (Å²) >= 11 is 1.10. The standard InChI is InChI=1S/C18H13N5O3S/c19-7-10-12(11-4-2-6-26-11)13-14(20)15(27-18(13)23-16(10)21)17(24)22-8-9-3-1-5-25-9/h1-6H,8,20H2,(H2,21,23)(H,22,24). The first-order valence-corrected chi connectivity index (χ1v) is 8.67. The summed E-state index contributed by atoms with van der Waals surface area (Å²) in [5.41, 5.74) is 13.0. The fraction of sp³-hybridized carbons (Fsp3) is 0.0556. The molecule has 4 aromatic rings. The van der Waals surface area contributed by atoms with Gasteiger partial charge in [0.25, 0.3) is 5.91 Å². The number of carbonyl (C=O) groups is 1. The molecule has 4 heterocycles. The number of fused-ring (bicyclic) bond motifs is 1. The number of rotatable bonds is 4. The van der Waals surface area contributed by atoms with Gasteiger partial charge in [-0.05, 0) is 24.3 Å². The lowest BCUT2D eigenvalue weighted by atomic mass is 10.0. The van der Waals surface area contributed by atoms with Crippen LogP contribution in [-0.4, -0.2) is 10.9 Å². The van der Waals surface area contributed by atoms with Crippen LogP contribution in [0, 0.1) is 11.3 Å². The van der Waals surface area contributed by atoms with Crippen molar-refractivity contribution in [2.75, 3.05) is 11.5 Å². The molecule has 4 aromatic heterocycles. The third kappa shape index (κ3) is 2.78. The van der Waals surface area contributed by atoms with E-state index in [4.69, 9.17) is 20.3 Å². The predicted molar refractivity (Wildman–Crippen MR) is 101 cm³/mol. The molecule has 0 saturated heterocycles. The molecular formula is C18H13N5O3S. The maximum Gasteiger partial charge on any atom is 0.263 e. The van der Waals surface area contributed by atoms with Crippen LogP contribution in [0.4, 0.5) is 11.5 Å². The van der Waals surface area contributed by atoms with Gasteiger partial charge in [0.1, 0.15) is 38.7 Å². The summed E-state index contributed by atoms with van der Waals surface area (Å²) in [7, 11) is 0. The Bertz CT molecular complexity index is 1170. The van der Waals surface area contributed by atoms with Gasteiger partial charge in [0.2, 0.25) is 0 Å². The van der Waals surface area contributed by atoms with E-state index in [9.17, 15) is 10.1 Å². The lowest BCUT2D eigenvalue weighted by Gasteiger charge is -2.06. The average Bonchev–Trinajstić information content (AvgIpc) is 3.41. The topological polar surface area (TPSA) is 144 Å². The van der Waals surface area contributed by atoms with Crippen molar-refractivity contribution in [3.8, 4) is 17.4 Å². The highest BCUT2D eigenvalue weighted by atomic mass is 32.1. The number of carbonyl (C=O) groups excluding carboxylic acids is 1. The summed E-state index contributed by atoms with van der Waals surface area (Å²) in [6.45, 7) is 0.226. The van der Waals surface area contributed by atoms with Crippen molar-refractivity contribution in [2.45, 2.75) is 6.54 Å². The summed E-state index contributed by atoms with van der Waals surface area (Å²) in [6.07, 6.45) is 3.01. The highest BCUT2D eigenvalue weighted by Crippen LogP contribution is 2.42. The van der Waals surface area contributed by atoms with Crippen molar-refractivity contribution in [1.29, 1.82) is 5.26 Å². The van der Waals surface area contributed by atoms with Crippen molar-refractivity contribution >= 4 is 39.0 Å². The number of anilines is 2. The number of pyridine rings is 1. The number of hydrogen-bond acceptors (Lipinski definition) is 8. The molecule has 134 valence electrons. The summed E-state index contributed by atoms with van der Waals surface area (Å²) in [6, 6.07) is 8.92. The Morgan fingerprint density at radius 3 is 2.70 bits per heavy atom. The van der Waals surface area contributed by atoms with Crippen LogP contribution in [-0.2, 0) is 6.54 Å². The molecule has 0 unspecified atom stereocenters. The minimum Gasteiger partial charge on any atom is -0.467 e. The number of thiophene rings is 1. The van der Waals surface area contributed by atoms with E-state index in [1.54, 1.807) is 24.3 Å². The third-order valence-electron chi connectivity index (χ3n) is 3.99. The average molecular weight is 379 g/mol. The van der Waals surface area contributed by atoms with Gasteiger partial charge in [-0.25, -0.2) is 4.98 Å². The van der Waals surface area contributed by atoms with Gasteiger partial charge in [-0.15, -0.1) is 11.3 Å². The van der Waals surface area contributed by atoms with Crippen LogP contribution in [0.15, 0.2) is 45.6 Å². The first-order valence-electron chi connectivity index (χ1n) is 7.86. The number of nitrogens with two attached hydrogens (primary N) is 2. The Labute approximate surface area is 157 Å². The van der Waals surface area contributed by atoms with Crippen LogP contribution in [0.2, 0.25) is 0 Å². The molecule has 5 N–H and O–H groups in total. The zero-order valence-corrected chi connectivity index (χ0v) is 14.7. The monoisotopic (exact) mass is 379 g/mol. The van der Waals surface area contributed by atoms with Gasteiger partial charge in [-0.2, -0.15) is 5.26 Å². The first-order chi connectivity index (χ1) is 13.1. The van der Waals surface area contributed by atoms with E-state index in [-0.39, 0.29) is 34.4 Å². The maximum absolute atomic E-state index is 12.6. The molecule has 0 aliphatic rings. The number of furan rings is 2. The lowest BCUT2D eigenvalue weighted by molar-refractivity contribution is 0.0953. The van der Waals surface area contributed by atoms with Crippen LogP contribution >= 0.6 is 11.3 Å². The Morgan fingerprint density at radius 2 is 2.04 bits per heavy atom. The molecule has 1 amide bonds. The molecule has 4 rings (SSSR count). The minimum atomic E-state index is -0.366. The molecule has 0 aliphatic carbocycles. The summed E-state index contributed by atoms with van der Waals surface area (Å²) < 4.78 is 10.7. The second kappa shape index (κ2) is 6.51. The summed E-state index contributed by atoms with van der Waals surface area (Å²) in [5.74, 6) is 0.737. The highest BCUT2D eigenvalue weighted by Gasteiger charge is 2.25. The van der Waals surface area contributed by atoms with E-state index in [2.05, 4.69) is 10.3 Å². The van der Waals surface area contributed by atoms with E-state index in [0.717, 1.165) is 11.3 Å². The van der Waals surface area contributed by atoms with E-state index in [1.807, 2.05) is 6.07 Å². The fourth-order valence-corrected chi connectivity index (χ4v) is 3.81. The number of amides is 1. The smallest absolute Gasteiger partial charge is 0.263 e. The van der Waals surface area contributed by atoms with Gasteiger partial charge < -0.3 is 25.6 Å². The zero-order valence-electron chi connectivity index (χ0n) is 13.9. The number of nitriles is 1. The second-order valence-electron chi connectivity index (χ2n) is 5.62. The molecule has 0 spiro atoms. The largest absolute Gasteiger partial charge is 0.467 e. The molecular weight excluding hydrogens is 366 g/mol. The molecule has 0 aliphatic heterocycles. The number of nitrogens with one attached hydrogen (secondary N) is 1. The van der Waals surface area contributed by atoms with Gasteiger partial charge in [0.15, 0.2) is 0 Å². The van der Waals surface area contributed by atoms with Crippen LogP contribution in [0.5, 0.6) is 0 Å². The number of aromatic nitrogens is 1. The molecule has 0 radical (unpaired) electrons. The van der Waals surface area contributed by atoms with Gasteiger partial charge in [0, 0.05) is 5.39 Å². The third-order valence-corrected chi connectivity index (χ3v) is 5.09.